The normalized spacial score (nSPS) is 25.3. The van der Waals surface area contributed by atoms with E-state index < -0.39 is 0 Å². The number of carbonyl (C=O) groups excluding carboxylic acids is 1. The van der Waals surface area contributed by atoms with E-state index in [1.54, 1.807) is 11.3 Å². The van der Waals surface area contributed by atoms with Crippen LogP contribution in [0, 0.1) is 11.8 Å². The van der Waals surface area contributed by atoms with Crippen molar-refractivity contribution in [2.24, 2.45) is 11.8 Å². The van der Waals surface area contributed by atoms with Gasteiger partial charge in [0.05, 0.1) is 25.2 Å². The Labute approximate surface area is 161 Å². The van der Waals surface area contributed by atoms with Crippen molar-refractivity contribution >= 4 is 17.3 Å². The fourth-order valence-electron chi connectivity index (χ4n) is 4.25. The van der Waals surface area contributed by atoms with Gasteiger partial charge in [0.15, 0.2) is 0 Å². The van der Waals surface area contributed by atoms with Crippen LogP contribution in [0.3, 0.4) is 0 Å². The molecule has 26 heavy (non-hydrogen) atoms. The van der Waals surface area contributed by atoms with Crippen molar-refractivity contribution in [3.8, 4) is 0 Å². The van der Waals surface area contributed by atoms with Gasteiger partial charge < -0.3 is 14.4 Å². The highest BCUT2D eigenvalue weighted by molar-refractivity contribution is 7.07. The summed E-state index contributed by atoms with van der Waals surface area (Å²) in [5.41, 5.74) is 1.51. The Balaban J connectivity index is 1.25. The lowest BCUT2D eigenvalue weighted by molar-refractivity contribution is -0.149. The summed E-state index contributed by atoms with van der Waals surface area (Å²) >= 11 is 1.80. The molecule has 2 aliphatic rings. The fourth-order valence-corrected chi connectivity index (χ4v) is 4.93. The van der Waals surface area contributed by atoms with Crippen molar-refractivity contribution in [1.29, 1.82) is 0 Å². The van der Waals surface area contributed by atoms with E-state index in [1.807, 2.05) is 6.92 Å². The molecule has 0 unspecified atom stereocenters. The number of thiophene rings is 1. The predicted molar refractivity (Wildman–Crippen MR) is 106 cm³/mol. The standard InChI is InChI=1S/C21H33NO3S/c1-2-24-21(23)19-7-10-22(11-8-19)12-13-25-20-5-3-17(4-6-20)15-18-9-14-26-16-18/h9,14,16-17,19-20H,2-8,10-13,15H2,1H3. The zero-order chi connectivity index (χ0) is 18.2. The SMILES string of the molecule is CCOC(=O)C1CCN(CCOC2CCC(Cc3ccsc3)CC2)CC1. The number of hydrogen-bond acceptors (Lipinski definition) is 5. The van der Waals surface area contributed by atoms with Gasteiger partial charge in [-0.15, -0.1) is 0 Å². The fraction of sp³-hybridized carbons (Fsp3) is 0.762. The van der Waals surface area contributed by atoms with E-state index in [2.05, 4.69) is 21.7 Å². The molecule has 5 heteroatoms. The lowest BCUT2D eigenvalue weighted by atomic mass is 9.84. The highest BCUT2D eigenvalue weighted by atomic mass is 32.1. The van der Waals surface area contributed by atoms with Crippen LogP contribution in [0.2, 0.25) is 0 Å². The third-order valence-electron chi connectivity index (χ3n) is 5.87. The lowest BCUT2D eigenvalue weighted by Crippen LogP contribution is -2.39. The van der Waals surface area contributed by atoms with Crippen LogP contribution in [0.1, 0.15) is 51.0 Å². The maximum atomic E-state index is 11.8. The average Bonchev–Trinajstić information content (AvgIpc) is 3.17. The van der Waals surface area contributed by atoms with Crippen molar-refractivity contribution in [3.63, 3.8) is 0 Å². The van der Waals surface area contributed by atoms with E-state index in [4.69, 9.17) is 9.47 Å². The molecule has 0 atom stereocenters. The molecule has 1 aliphatic heterocycles. The molecule has 2 heterocycles. The average molecular weight is 380 g/mol. The van der Waals surface area contributed by atoms with Crippen molar-refractivity contribution < 1.29 is 14.3 Å². The van der Waals surface area contributed by atoms with Gasteiger partial charge in [-0.1, -0.05) is 0 Å². The molecule has 4 nitrogen and oxygen atoms in total. The molecule has 3 rings (SSSR count). The van der Waals surface area contributed by atoms with Crippen LogP contribution in [-0.2, 0) is 20.7 Å². The third-order valence-corrected chi connectivity index (χ3v) is 6.60. The molecule has 0 amide bonds. The summed E-state index contributed by atoms with van der Waals surface area (Å²) < 4.78 is 11.3. The summed E-state index contributed by atoms with van der Waals surface area (Å²) in [5, 5.41) is 4.47. The van der Waals surface area contributed by atoms with Gasteiger partial charge in [0, 0.05) is 6.54 Å². The molecule has 1 saturated carbocycles. The number of ether oxygens (including phenoxy) is 2. The first-order chi connectivity index (χ1) is 12.7. The second kappa shape index (κ2) is 10.4. The number of nitrogens with zero attached hydrogens (tertiary/aromatic N) is 1. The largest absolute Gasteiger partial charge is 0.466 e. The molecule has 0 bridgehead atoms. The van der Waals surface area contributed by atoms with Crippen molar-refractivity contribution in [2.75, 3.05) is 32.8 Å². The highest BCUT2D eigenvalue weighted by Crippen LogP contribution is 2.29. The summed E-state index contributed by atoms with van der Waals surface area (Å²) in [5.74, 6) is 0.930. The minimum atomic E-state index is -0.0115. The lowest BCUT2D eigenvalue weighted by Gasteiger charge is -2.32. The van der Waals surface area contributed by atoms with Gasteiger partial charge >= 0.3 is 5.97 Å². The molecule has 146 valence electrons. The smallest absolute Gasteiger partial charge is 0.309 e. The van der Waals surface area contributed by atoms with Gasteiger partial charge in [0.1, 0.15) is 0 Å². The quantitative estimate of drug-likeness (QED) is 0.636. The maximum absolute atomic E-state index is 11.8. The van der Waals surface area contributed by atoms with Crippen LogP contribution in [0.5, 0.6) is 0 Å². The topological polar surface area (TPSA) is 38.8 Å². The molecule has 0 radical (unpaired) electrons. The van der Waals surface area contributed by atoms with Crippen LogP contribution < -0.4 is 0 Å². The van der Waals surface area contributed by atoms with E-state index in [0.717, 1.165) is 45.0 Å². The summed E-state index contributed by atoms with van der Waals surface area (Å²) in [6, 6.07) is 2.26. The van der Waals surface area contributed by atoms with Crippen molar-refractivity contribution in [1.82, 2.24) is 4.90 Å². The second-order valence-corrected chi connectivity index (χ2v) is 8.50. The molecule has 1 saturated heterocycles. The van der Waals surface area contributed by atoms with Gasteiger partial charge in [-0.05, 0) is 93.3 Å². The van der Waals surface area contributed by atoms with Crippen LogP contribution in [0.15, 0.2) is 16.8 Å². The van der Waals surface area contributed by atoms with Crippen molar-refractivity contribution in [2.45, 2.75) is 58.0 Å². The predicted octanol–water partition coefficient (Wildman–Crippen LogP) is 4.14. The molecule has 1 aromatic rings. The molecule has 0 spiro atoms. The Kier molecular flexibility index (Phi) is 7.96. The molecule has 1 aliphatic carbocycles. The van der Waals surface area contributed by atoms with Crippen LogP contribution >= 0.6 is 11.3 Å². The first-order valence-corrected chi connectivity index (χ1v) is 11.2. The van der Waals surface area contributed by atoms with Crippen LogP contribution in [0.25, 0.3) is 0 Å². The van der Waals surface area contributed by atoms with Gasteiger partial charge in [0.25, 0.3) is 0 Å². The first-order valence-electron chi connectivity index (χ1n) is 10.3. The highest BCUT2D eigenvalue weighted by Gasteiger charge is 2.26. The Bertz CT molecular complexity index is 517. The minimum Gasteiger partial charge on any atom is -0.466 e. The van der Waals surface area contributed by atoms with Crippen LogP contribution in [-0.4, -0.2) is 49.8 Å². The zero-order valence-electron chi connectivity index (χ0n) is 16.0. The number of esters is 1. The Morgan fingerprint density at radius 3 is 2.62 bits per heavy atom. The Morgan fingerprint density at radius 2 is 1.96 bits per heavy atom. The number of carbonyl (C=O) groups is 1. The van der Waals surface area contributed by atoms with E-state index in [9.17, 15) is 4.79 Å². The van der Waals surface area contributed by atoms with E-state index in [0.29, 0.717) is 12.7 Å². The summed E-state index contributed by atoms with van der Waals surface area (Å²) in [4.78, 5) is 14.2. The minimum absolute atomic E-state index is 0.0115. The van der Waals surface area contributed by atoms with E-state index in [-0.39, 0.29) is 11.9 Å². The zero-order valence-corrected chi connectivity index (χ0v) is 16.8. The molecule has 0 aromatic carbocycles. The van der Waals surface area contributed by atoms with Gasteiger partial charge in [0.2, 0.25) is 0 Å². The first kappa shape index (κ1) is 19.8. The molecule has 2 fully saturated rings. The van der Waals surface area contributed by atoms with Gasteiger partial charge in [-0.2, -0.15) is 11.3 Å². The molecular formula is C21H33NO3S. The maximum Gasteiger partial charge on any atom is 0.309 e. The van der Waals surface area contributed by atoms with E-state index in [1.165, 1.54) is 37.7 Å². The number of hydrogen-bond donors (Lipinski definition) is 0. The Hall–Kier alpha value is -0.910. The molecular weight excluding hydrogens is 346 g/mol. The summed E-state index contributed by atoms with van der Waals surface area (Å²) in [6.45, 7) is 6.15. The second-order valence-electron chi connectivity index (χ2n) is 7.72. The van der Waals surface area contributed by atoms with Crippen molar-refractivity contribution in [3.05, 3.63) is 22.4 Å². The third kappa shape index (κ3) is 6.07. The van der Waals surface area contributed by atoms with Gasteiger partial charge in [-0.25, -0.2) is 0 Å². The summed E-state index contributed by atoms with van der Waals surface area (Å²) in [6.07, 6.45) is 8.55. The monoisotopic (exact) mass is 379 g/mol. The molecule has 1 aromatic heterocycles. The van der Waals surface area contributed by atoms with Crippen LogP contribution in [0.4, 0.5) is 0 Å². The number of likely N-dealkylation sites (tertiary alicyclic amines) is 1. The van der Waals surface area contributed by atoms with E-state index >= 15 is 0 Å². The molecule has 0 N–H and O–H groups in total. The Morgan fingerprint density at radius 1 is 1.19 bits per heavy atom. The summed E-state index contributed by atoms with van der Waals surface area (Å²) in [7, 11) is 0. The number of rotatable bonds is 8. The number of piperidine rings is 1. The van der Waals surface area contributed by atoms with Gasteiger partial charge in [-0.3, -0.25) is 4.79 Å².